The third-order valence-electron chi connectivity index (χ3n) is 3.16. The number of anilines is 2. The largest absolute Gasteiger partial charge is 0.466 e. The average Bonchev–Trinajstić information content (AvgIpc) is 2.85. The van der Waals surface area contributed by atoms with Gasteiger partial charge in [0.05, 0.1) is 5.69 Å². The van der Waals surface area contributed by atoms with Crippen LogP contribution in [0.15, 0.2) is 30.5 Å². The van der Waals surface area contributed by atoms with E-state index in [0.717, 1.165) is 4.88 Å². The van der Waals surface area contributed by atoms with E-state index in [1.807, 2.05) is 6.92 Å². The van der Waals surface area contributed by atoms with Crippen molar-refractivity contribution < 1.29 is 14.3 Å². The Balaban J connectivity index is 1.86. The van der Waals surface area contributed by atoms with E-state index in [1.54, 1.807) is 30.5 Å². The Morgan fingerprint density at radius 3 is 2.90 bits per heavy atom. The van der Waals surface area contributed by atoms with Crippen LogP contribution in [-0.4, -0.2) is 22.4 Å². The highest BCUT2D eigenvalue weighted by Crippen LogP contribution is 2.34. The maximum atomic E-state index is 12.4. The van der Waals surface area contributed by atoms with Crippen molar-refractivity contribution in [3.8, 4) is 5.75 Å². The van der Waals surface area contributed by atoms with Crippen molar-refractivity contribution in [3.63, 3.8) is 0 Å². The van der Waals surface area contributed by atoms with Crippen LogP contribution in [0.3, 0.4) is 0 Å². The van der Waals surface area contributed by atoms with Crippen LogP contribution in [0, 0.1) is 6.92 Å². The number of amides is 2. The van der Waals surface area contributed by atoms with Gasteiger partial charge in [0.25, 0.3) is 17.4 Å². The Morgan fingerprint density at radius 2 is 2.19 bits per heavy atom. The standard InChI is InChI=1S/C14H13N3O3S/c1-8-7-15-13(21-8)17-12(19)14(2)11(18)16-9-5-3-4-6-10(9)20-14/h3-7H,1-2H3,(H,16,18)(H,15,17,19)/t14-/m0/s1. The second-order valence-electron chi connectivity index (χ2n) is 4.82. The van der Waals surface area contributed by atoms with E-state index in [2.05, 4.69) is 15.6 Å². The summed E-state index contributed by atoms with van der Waals surface area (Å²) in [7, 11) is 0. The summed E-state index contributed by atoms with van der Waals surface area (Å²) in [6.07, 6.45) is 1.65. The minimum atomic E-state index is -1.63. The number of hydrogen-bond donors (Lipinski definition) is 2. The number of nitrogens with zero attached hydrogens (tertiary/aromatic N) is 1. The van der Waals surface area contributed by atoms with Gasteiger partial charge < -0.3 is 10.1 Å². The lowest BCUT2D eigenvalue weighted by molar-refractivity contribution is -0.143. The van der Waals surface area contributed by atoms with Crippen LogP contribution < -0.4 is 15.4 Å². The molecule has 1 aromatic heterocycles. The van der Waals surface area contributed by atoms with Crippen LogP contribution in [0.4, 0.5) is 10.8 Å². The van der Waals surface area contributed by atoms with Crippen molar-refractivity contribution in [2.45, 2.75) is 19.4 Å². The fraction of sp³-hybridized carbons (Fsp3) is 0.214. The van der Waals surface area contributed by atoms with Crippen LogP contribution in [-0.2, 0) is 9.59 Å². The molecule has 0 aliphatic carbocycles. The van der Waals surface area contributed by atoms with Gasteiger partial charge in [-0.3, -0.25) is 14.9 Å². The first-order valence-electron chi connectivity index (χ1n) is 6.32. The molecule has 3 rings (SSSR count). The molecule has 0 unspecified atom stereocenters. The van der Waals surface area contributed by atoms with Gasteiger partial charge in [0.15, 0.2) is 5.13 Å². The molecule has 1 atom stereocenters. The van der Waals surface area contributed by atoms with Crippen molar-refractivity contribution in [3.05, 3.63) is 35.3 Å². The maximum absolute atomic E-state index is 12.4. The number of carbonyl (C=O) groups is 2. The number of aryl methyl sites for hydroxylation is 1. The number of rotatable bonds is 2. The Bertz CT molecular complexity index is 728. The highest BCUT2D eigenvalue weighted by molar-refractivity contribution is 7.15. The molecule has 6 nitrogen and oxygen atoms in total. The predicted molar refractivity (Wildman–Crippen MR) is 79.6 cm³/mol. The topological polar surface area (TPSA) is 80.3 Å². The average molecular weight is 303 g/mol. The Kier molecular flexibility index (Phi) is 3.13. The quantitative estimate of drug-likeness (QED) is 0.833. The van der Waals surface area contributed by atoms with Crippen molar-refractivity contribution in [1.29, 1.82) is 0 Å². The molecule has 0 spiro atoms. The zero-order valence-electron chi connectivity index (χ0n) is 11.5. The van der Waals surface area contributed by atoms with Gasteiger partial charge >= 0.3 is 0 Å². The van der Waals surface area contributed by atoms with E-state index >= 15 is 0 Å². The summed E-state index contributed by atoms with van der Waals surface area (Å²) in [5, 5.41) is 5.74. The molecule has 0 radical (unpaired) electrons. The zero-order chi connectivity index (χ0) is 15.0. The van der Waals surface area contributed by atoms with Crippen LogP contribution >= 0.6 is 11.3 Å². The molecule has 0 fully saturated rings. The van der Waals surface area contributed by atoms with Gasteiger partial charge in [-0.25, -0.2) is 4.98 Å². The molecular weight excluding hydrogens is 290 g/mol. The molecule has 2 N–H and O–H groups in total. The van der Waals surface area contributed by atoms with Gasteiger partial charge in [-0.1, -0.05) is 12.1 Å². The molecule has 0 saturated carbocycles. The van der Waals surface area contributed by atoms with Crippen molar-refractivity contribution >= 4 is 34.0 Å². The Morgan fingerprint density at radius 1 is 1.43 bits per heavy atom. The van der Waals surface area contributed by atoms with E-state index in [-0.39, 0.29) is 0 Å². The second-order valence-corrected chi connectivity index (χ2v) is 6.05. The van der Waals surface area contributed by atoms with Crippen LogP contribution in [0.5, 0.6) is 5.75 Å². The summed E-state index contributed by atoms with van der Waals surface area (Å²) in [4.78, 5) is 29.6. The smallest absolute Gasteiger partial charge is 0.280 e. The number of nitrogens with one attached hydrogen (secondary N) is 2. The number of carbonyl (C=O) groups excluding carboxylic acids is 2. The lowest BCUT2D eigenvalue weighted by Crippen LogP contribution is -2.56. The first-order valence-corrected chi connectivity index (χ1v) is 7.14. The minimum Gasteiger partial charge on any atom is -0.466 e. The predicted octanol–water partition coefficient (Wildman–Crippen LogP) is 2.18. The van der Waals surface area contributed by atoms with Gasteiger partial charge in [0.1, 0.15) is 5.75 Å². The summed E-state index contributed by atoms with van der Waals surface area (Å²) in [5.74, 6) is -0.596. The number of ether oxygens (including phenoxy) is 1. The Hall–Kier alpha value is -2.41. The lowest BCUT2D eigenvalue weighted by atomic mass is 10.0. The summed E-state index contributed by atoms with van der Waals surface area (Å²) < 4.78 is 5.63. The summed E-state index contributed by atoms with van der Waals surface area (Å²) >= 11 is 1.34. The molecule has 0 saturated heterocycles. The van der Waals surface area contributed by atoms with Gasteiger partial charge in [0.2, 0.25) is 0 Å². The number of benzene rings is 1. The van der Waals surface area contributed by atoms with Crippen molar-refractivity contribution in [1.82, 2.24) is 4.98 Å². The van der Waals surface area contributed by atoms with E-state index in [0.29, 0.717) is 16.6 Å². The molecule has 0 bridgehead atoms. The molecule has 2 aromatic rings. The lowest BCUT2D eigenvalue weighted by Gasteiger charge is -2.32. The fourth-order valence-corrected chi connectivity index (χ4v) is 2.60. The molecule has 1 aliphatic heterocycles. The van der Waals surface area contributed by atoms with E-state index < -0.39 is 17.4 Å². The summed E-state index contributed by atoms with van der Waals surface area (Å²) in [5.41, 5.74) is -1.08. The van der Waals surface area contributed by atoms with Crippen molar-refractivity contribution in [2.24, 2.45) is 0 Å². The SMILES string of the molecule is Cc1cnc(NC(=O)[C@@]2(C)Oc3ccccc3NC2=O)s1. The van der Waals surface area contributed by atoms with Gasteiger partial charge in [-0.15, -0.1) is 11.3 Å². The maximum Gasteiger partial charge on any atom is 0.280 e. The summed E-state index contributed by atoms with van der Waals surface area (Å²) in [6, 6.07) is 6.98. The van der Waals surface area contributed by atoms with E-state index in [9.17, 15) is 9.59 Å². The third kappa shape index (κ3) is 2.36. The van der Waals surface area contributed by atoms with Crippen LogP contribution in [0.25, 0.3) is 0 Å². The first kappa shape index (κ1) is 13.6. The number of thiazole rings is 1. The van der Waals surface area contributed by atoms with Crippen molar-refractivity contribution in [2.75, 3.05) is 10.6 Å². The molecule has 7 heteroatoms. The molecule has 108 valence electrons. The molecule has 2 heterocycles. The normalized spacial score (nSPS) is 20.2. The number of hydrogen-bond acceptors (Lipinski definition) is 5. The number of fused-ring (bicyclic) bond motifs is 1. The first-order chi connectivity index (χ1) is 9.99. The molecular formula is C14H13N3O3S. The monoisotopic (exact) mass is 303 g/mol. The van der Waals surface area contributed by atoms with E-state index in [4.69, 9.17) is 4.74 Å². The van der Waals surface area contributed by atoms with Gasteiger partial charge in [0, 0.05) is 11.1 Å². The van der Waals surface area contributed by atoms with Crippen LogP contribution in [0.1, 0.15) is 11.8 Å². The minimum absolute atomic E-state index is 0.439. The Labute approximate surface area is 125 Å². The zero-order valence-corrected chi connectivity index (χ0v) is 12.3. The third-order valence-corrected chi connectivity index (χ3v) is 3.99. The summed E-state index contributed by atoms with van der Waals surface area (Å²) in [6.45, 7) is 3.32. The highest BCUT2D eigenvalue weighted by Gasteiger charge is 2.47. The number of para-hydroxylation sites is 2. The van der Waals surface area contributed by atoms with Gasteiger partial charge in [-0.2, -0.15) is 0 Å². The van der Waals surface area contributed by atoms with E-state index in [1.165, 1.54) is 18.3 Å². The highest BCUT2D eigenvalue weighted by atomic mass is 32.1. The molecule has 1 aliphatic rings. The molecule has 21 heavy (non-hydrogen) atoms. The molecule has 2 amide bonds. The second kappa shape index (κ2) is 4.85. The van der Waals surface area contributed by atoms with Crippen LogP contribution in [0.2, 0.25) is 0 Å². The fourth-order valence-electron chi connectivity index (χ4n) is 1.95. The number of aromatic nitrogens is 1. The van der Waals surface area contributed by atoms with Gasteiger partial charge in [-0.05, 0) is 26.0 Å². The molecule has 1 aromatic carbocycles.